The van der Waals surface area contributed by atoms with E-state index in [2.05, 4.69) is 37.9 Å². The molecule has 3 heterocycles. The number of carbonyl (C=O) groups excluding carboxylic acids is 1. The topological polar surface area (TPSA) is 72.5 Å². The van der Waals surface area contributed by atoms with Gasteiger partial charge in [-0.3, -0.25) is 18.6 Å². The van der Waals surface area contributed by atoms with Crippen LogP contribution in [0.25, 0.3) is 16.7 Å². The zero-order chi connectivity index (χ0) is 21.4. The highest BCUT2D eigenvalue weighted by molar-refractivity contribution is 7.99. The number of hydrogen-bond donors (Lipinski definition) is 0. The molecule has 2 aromatic heterocycles. The molecule has 1 amide bonds. The fraction of sp³-hybridized carbons (Fsp3) is 0.545. The SMILES string of the molecule is CC(C)Cn1c(=O)c2ccccc2n2c(SCC(=O)N3[C@H](C)CCC[C@@H]3C)nnc12. The maximum atomic E-state index is 13.0. The van der Waals surface area contributed by atoms with E-state index in [-0.39, 0.29) is 23.6 Å². The Balaban J connectivity index is 1.71. The second-order valence-electron chi connectivity index (χ2n) is 8.66. The number of piperidine rings is 1. The molecule has 2 atom stereocenters. The van der Waals surface area contributed by atoms with Crippen molar-refractivity contribution in [3.63, 3.8) is 0 Å². The first kappa shape index (κ1) is 20.9. The molecule has 0 saturated carbocycles. The minimum atomic E-state index is -0.0530. The van der Waals surface area contributed by atoms with E-state index in [1.54, 1.807) is 4.57 Å². The number of nitrogens with zero attached hydrogens (tertiary/aromatic N) is 5. The molecule has 3 aromatic rings. The minimum absolute atomic E-state index is 0.0530. The average Bonchev–Trinajstić information content (AvgIpc) is 3.13. The Hall–Kier alpha value is -2.35. The summed E-state index contributed by atoms with van der Waals surface area (Å²) in [5.41, 5.74) is 0.722. The fourth-order valence-corrected chi connectivity index (χ4v) is 5.28. The molecule has 0 radical (unpaired) electrons. The molecule has 0 unspecified atom stereocenters. The smallest absolute Gasteiger partial charge is 0.262 e. The van der Waals surface area contributed by atoms with Crippen LogP contribution in [0.5, 0.6) is 0 Å². The molecule has 4 rings (SSSR count). The third-order valence-electron chi connectivity index (χ3n) is 5.83. The fourth-order valence-electron chi connectivity index (χ4n) is 4.47. The van der Waals surface area contributed by atoms with Crippen molar-refractivity contribution in [3.05, 3.63) is 34.6 Å². The van der Waals surface area contributed by atoms with E-state index < -0.39 is 0 Å². The van der Waals surface area contributed by atoms with Crippen LogP contribution in [0.15, 0.2) is 34.2 Å². The molecule has 7 nitrogen and oxygen atoms in total. The van der Waals surface area contributed by atoms with Gasteiger partial charge in [0.05, 0.1) is 16.7 Å². The van der Waals surface area contributed by atoms with Crippen LogP contribution < -0.4 is 5.56 Å². The zero-order valence-corrected chi connectivity index (χ0v) is 18.9. The van der Waals surface area contributed by atoms with Crippen molar-refractivity contribution in [2.75, 3.05) is 5.75 Å². The Morgan fingerprint density at radius 1 is 1.17 bits per heavy atom. The summed E-state index contributed by atoms with van der Waals surface area (Å²) in [5, 5.41) is 9.97. The predicted molar refractivity (Wildman–Crippen MR) is 120 cm³/mol. The number of rotatable bonds is 5. The normalized spacial score (nSPS) is 19.8. The molecule has 8 heteroatoms. The van der Waals surface area contributed by atoms with Gasteiger partial charge in [-0.15, -0.1) is 10.2 Å². The Labute approximate surface area is 180 Å². The number of hydrogen-bond acceptors (Lipinski definition) is 5. The summed E-state index contributed by atoms with van der Waals surface area (Å²) in [5.74, 6) is 1.27. The largest absolute Gasteiger partial charge is 0.337 e. The van der Waals surface area contributed by atoms with Crippen molar-refractivity contribution in [1.82, 2.24) is 24.1 Å². The monoisotopic (exact) mass is 427 g/mol. The van der Waals surface area contributed by atoms with Crippen LogP contribution in [0.3, 0.4) is 0 Å². The van der Waals surface area contributed by atoms with Gasteiger partial charge in [0.25, 0.3) is 5.56 Å². The van der Waals surface area contributed by atoms with Crippen molar-refractivity contribution in [2.45, 2.75) is 70.7 Å². The van der Waals surface area contributed by atoms with Crippen molar-refractivity contribution < 1.29 is 4.79 Å². The Morgan fingerprint density at radius 2 is 1.87 bits per heavy atom. The van der Waals surface area contributed by atoms with Crippen molar-refractivity contribution in [1.29, 1.82) is 0 Å². The van der Waals surface area contributed by atoms with E-state index >= 15 is 0 Å². The van der Waals surface area contributed by atoms with Gasteiger partial charge in [-0.1, -0.05) is 37.7 Å². The summed E-state index contributed by atoms with van der Waals surface area (Å²) in [7, 11) is 0. The maximum absolute atomic E-state index is 13.0. The summed E-state index contributed by atoms with van der Waals surface area (Å²) in [6.07, 6.45) is 3.29. The number of benzene rings is 1. The molecule has 1 fully saturated rings. The maximum Gasteiger partial charge on any atom is 0.262 e. The molecule has 1 aromatic carbocycles. The lowest BCUT2D eigenvalue weighted by molar-refractivity contribution is -0.134. The van der Waals surface area contributed by atoms with E-state index in [9.17, 15) is 9.59 Å². The zero-order valence-electron chi connectivity index (χ0n) is 18.0. The first-order chi connectivity index (χ1) is 14.4. The van der Waals surface area contributed by atoms with Gasteiger partial charge in [0.1, 0.15) is 0 Å². The lowest BCUT2D eigenvalue weighted by Crippen LogP contribution is -2.48. The summed E-state index contributed by atoms with van der Waals surface area (Å²) in [6.45, 7) is 8.97. The molecule has 1 saturated heterocycles. The van der Waals surface area contributed by atoms with Crippen LogP contribution in [-0.2, 0) is 11.3 Å². The lowest BCUT2D eigenvalue weighted by atomic mass is 9.98. The number of carbonyl (C=O) groups is 1. The van der Waals surface area contributed by atoms with Gasteiger partial charge in [0, 0.05) is 18.6 Å². The van der Waals surface area contributed by atoms with E-state index in [0.29, 0.717) is 34.5 Å². The highest BCUT2D eigenvalue weighted by Crippen LogP contribution is 2.26. The number of aromatic nitrogens is 4. The van der Waals surface area contributed by atoms with E-state index in [1.807, 2.05) is 33.6 Å². The first-order valence-corrected chi connectivity index (χ1v) is 11.7. The molecule has 0 bridgehead atoms. The summed E-state index contributed by atoms with van der Waals surface area (Å²) in [6, 6.07) is 8.07. The van der Waals surface area contributed by atoms with Gasteiger partial charge in [-0.25, -0.2) is 0 Å². The highest BCUT2D eigenvalue weighted by atomic mass is 32.2. The standard InChI is InChI=1S/C22H29N5O2S/c1-14(2)12-25-20(29)17-10-5-6-11-18(17)27-21(25)23-24-22(27)30-13-19(28)26-15(3)8-7-9-16(26)4/h5-6,10-11,14-16H,7-9,12-13H2,1-4H3/t15-,16+. The molecule has 160 valence electrons. The summed E-state index contributed by atoms with van der Waals surface area (Å²) < 4.78 is 3.61. The third kappa shape index (κ3) is 3.73. The number of thioether (sulfide) groups is 1. The van der Waals surface area contributed by atoms with Crippen LogP contribution in [-0.4, -0.2) is 47.8 Å². The molecule has 1 aliphatic rings. The van der Waals surface area contributed by atoms with Gasteiger partial charge in [0.2, 0.25) is 11.7 Å². The lowest BCUT2D eigenvalue weighted by Gasteiger charge is -2.39. The van der Waals surface area contributed by atoms with Crippen molar-refractivity contribution in [2.24, 2.45) is 5.92 Å². The third-order valence-corrected chi connectivity index (χ3v) is 6.75. The molecular weight excluding hydrogens is 398 g/mol. The molecular formula is C22H29N5O2S. The van der Waals surface area contributed by atoms with Crippen LogP contribution in [0, 0.1) is 5.92 Å². The number of para-hydroxylation sites is 1. The molecule has 1 aliphatic heterocycles. The van der Waals surface area contributed by atoms with Crippen LogP contribution in [0.4, 0.5) is 0 Å². The number of likely N-dealkylation sites (tertiary alicyclic amines) is 1. The second-order valence-corrected chi connectivity index (χ2v) is 9.61. The van der Waals surface area contributed by atoms with Gasteiger partial charge < -0.3 is 4.90 Å². The second kappa shape index (κ2) is 8.41. The van der Waals surface area contributed by atoms with Gasteiger partial charge >= 0.3 is 0 Å². The summed E-state index contributed by atoms with van der Waals surface area (Å²) in [4.78, 5) is 28.0. The number of fused-ring (bicyclic) bond motifs is 3. The predicted octanol–water partition coefficient (Wildman–Crippen LogP) is 3.58. The van der Waals surface area contributed by atoms with Gasteiger partial charge in [0.15, 0.2) is 5.16 Å². The Kier molecular flexibility index (Phi) is 5.86. The summed E-state index contributed by atoms with van der Waals surface area (Å²) >= 11 is 1.39. The quantitative estimate of drug-likeness (QED) is 0.582. The molecule has 30 heavy (non-hydrogen) atoms. The molecule has 0 N–H and O–H groups in total. The van der Waals surface area contributed by atoms with E-state index in [1.165, 1.54) is 18.2 Å². The molecule has 0 spiro atoms. The van der Waals surface area contributed by atoms with Crippen LogP contribution in [0.2, 0.25) is 0 Å². The minimum Gasteiger partial charge on any atom is -0.337 e. The van der Waals surface area contributed by atoms with E-state index in [4.69, 9.17) is 0 Å². The van der Waals surface area contributed by atoms with Gasteiger partial charge in [-0.2, -0.15) is 0 Å². The number of amides is 1. The van der Waals surface area contributed by atoms with Gasteiger partial charge in [-0.05, 0) is 51.2 Å². The first-order valence-electron chi connectivity index (χ1n) is 10.7. The Bertz CT molecular complexity index is 1130. The van der Waals surface area contributed by atoms with Crippen molar-refractivity contribution >= 4 is 34.3 Å². The molecule has 0 aliphatic carbocycles. The average molecular weight is 428 g/mol. The van der Waals surface area contributed by atoms with Crippen LogP contribution in [0.1, 0.15) is 47.0 Å². The Morgan fingerprint density at radius 3 is 2.57 bits per heavy atom. The van der Waals surface area contributed by atoms with Crippen LogP contribution >= 0.6 is 11.8 Å². The van der Waals surface area contributed by atoms with Crippen molar-refractivity contribution in [3.8, 4) is 0 Å². The van der Waals surface area contributed by atoms with E-state index in [0.717, 1.165) is 18.4 Å². The highest BCUT2D eigenvalue weighted by Gasteiger charge is 2.29.